The normalized spacial score (nSPS) is 18.1. The highest BCUT2D eigenvalue weighted by molar-refractivity contribution is 7.07. The molecule has 188 valence electrons. The lowest BCUT2D eigenvalue weighted by Crippen LogP contribution is -2.40. The average Bonchev–Trinajstić information content (AvgIpc) is 3.48. The molecule has 0 amide bonds. The van der Waals surface area contributed by atoms with E-state index < -0.39 is 12.0 Å². The number of aromatic nitrogens is 1. The summed E-state index contributed by atoms with van der Waals surface area (Å²) in [5.41, 5.74) is 1.23. The molecule has 1 aromatic carbocycles. The monoisotopic (exact) mass is 509 g/mol. The number of carbonyl (C=O) groups excluding carboxylic acids is 1. The van der Waals surface area contributed by atoms with Gasteiger partial charge in [-0.2, -0.15) is 0 Å². The number of nitrogens with zero attached hydrogens (tertiary/aromatic N) is 3. The van der Waals surface area contributed by atoms with E-state index in [9.17, 15) is 9.59 Å². The van der Waals surface area contributed by atoms with Gasteiger partial charge in [-0.05, 0) is 26.0 Å². The van der Waals surface area contributed by atoms with Gasteiger partial charge in [-0.25, -0.2) is 9.79 Å². The summed E-state index contributed by atoms with van der Waals surface area (Å²) in [6, 6.07) is 10.3. The summed E-state index contributed by atoms with van der Waals surface area (Å²) in [6.07, 6.45) is 1.72. The molecule has 0 N–H and O–H groups in total. The number of hydrogen-bond acceptors (Lipinski definition) is 9. The van der Waals surface area contributed by atoms with Gasteiger partial charge in [0.2, 0.25) is 0 Å². The van der Waals surface area contributed by atoms with Gasteiger partial charge in [-0.1, -0.05) is 29.5 Å². The molecule has 2 aromatic heterocycles. The SMILES string of the molecule is CCOC(=O)C1=C(C)N=c2s/c(=C/c3ccc(N4CCOCC4)o3)c(=O)n2[C@@H]1c1ccccc1OC. The first-order valence-corrected chi connectivity index (χ1v) is 12.6. The number of ether oxygens (including phenoxy) is 3. The van der Waals surface area contributed by atoms with E-state index in [2.05, 4.69) is 9.89 Å². The summed E-state index contributed by atoms with van der Waals surface area (Å²) in [5, 5.41) is 0. The van der Waals surface area contributed by atoms with Crippen LogP contribution < -0.4 is 24.5 Å². The number of anilines is 1. The minimum absolute atomic E-state index is 0.211. The fourth-order valence-corrected chi connectivity index (χ4v) is 5.51. The van der Waals surface area contributed by atoms with Crippen LogP contribution in [0.2, 0.25) is 0 Å². The van der Waals surface area contributed by atoms with Crippen molar-refractivity contribution < 1.29 is 23.4 Å². The molecule has 0 bridgehead atoms. The summed E-state index contributed by atoms with van der Waals surface area (Å²) in [6.45, 7) is 6.53. The van der Waals surface area contributed by atoms with E-state index in [-0.39, 0.29) is 12.2 Å². The van der Waals surface area contributed by atoms with Crippen molar-refractivity contribution in [1.29, 1.82) is 0 Å². The fourth-order valence-electron chi connectivity index (χ4n) is 4.48. The lowest BCUT2D eigenvalue weighted by atomic mass is 9.95. The van der Waals surface area contributed by atoms with Crippen molar-refractivity contribution in [2.45, 2.75) is 19.9 Å². The Morgan fingerprint density at radius 1 is 1.22 bits per heavy atom. The van der Waals surface area contributed by atoms with Crippen LogP contribution in [0.15, 0.2) is 61.9 Å². The minimum Gasteiger partial charge on any atom is -0.496 e. The number of hydrogen-bond donors (Lipinski definition) is 0. The number of para-hydroxylation sites is 1. The Morgan fingerprint density at radius 2 is 2.00 bits per heavy atom. The second-order valence-corrected chi connectivity index (χ2v) is 9.33. The molecule has 5 rings (SSSR count). The Morgan fingerprint density at radius 3 is 2.75 bits per heavy atom. The fraction of sp³-hybridized carbons (Fsp3) is 0.346. The van der Waals surface area contributed by atoms with E-state index in [4.69, 9.17) is 18.6 Å². The van der Waals surface area contributed by atoms with Crippen molar-refractivity contribution in [3.8, 4) is 5.75 Å². The summed E-state index contributed by atoms with van der Waals surface area (Å²) in [7, 11) is 1.56. The van der Waals surface area contributed by atoms with Crippen molar-refractivity contribution in [2.24, 2.45) is 4.99 Å². The van der Waals surface area contributed by atoms with Gasteiger partial charge in [0.05, 0.1) is 42.7 Å². The first-order chi connectivity index (χ1) is 17.5. The lowest BCUT2D eigenvalue weighted by molar-refractivity contribution is -0.139. The zero-order valence-corrected chi connectivity index (χ0v) is 21.2. The average molecular weight is 510 g/mol. The van der Waals surface area contributed by atoms with Crippen LogP contribution in [0, 0.1) is 0 Å². The summed E-state index contributed by atoms with van der Waals surface area (Å²) in [5.74, 6) is 1.36. The molecule has 2 aliphatic rings. The molecule has 0 spiro atoms. The Hall–Kier alpha value is -3.63. The molecule has 0 radical (unpaired) electrons. The standard InChI is InChI=1S/C26H27N3O6S/c1-4-34-25(31)22-16(2)27-26-29(23(22)18-7-5-6-8-19(18)32-3)24(30)20(36-26)15-17-9-10-21(35-17)28-11-13-33-14-12-28/h5-10,15,23H,4,11-14H2,1-3H3/b20-15+/t23-/m1/s1. The van der Waals surface area contributed by atoms with Crippen LogP contribution in [0.3, 0.4) is 0 Å². The van der Waals surface area contributed by atoms with Crippen LogP contribution in [0.1, 0.15) is 31.2 Å². The molecule has 0 aliphatic carbocycles. The van der Waals surface area contributed by atoms with Gasteiger partial charge in [-0.3, -0.25) is 9.36 Å². The Kier molecular flexibility index (Phi) is 6.80. The number of thiazole rings is 1. The van der Waals surface area contributed by atoms with E-state index >= 15 is 0 Å². The minimum atomic E-state index is -0.737. The van der Waals surface area contributed by atoms with E-state index in [1.54, 1.807) is 37.7 Å². The third kappa shape index (κ3) is 4.38. The van der Waals surface area contributed by atoms with Crippen LogP contribution >= 0.6 is 11.3 Å². The second-order valence-electron chi connectivity index (χ2n) is 8.32. The molecule has 1 saturated heterocycles. The molecule has 3 aromatic rings. The van der Waals surface area contributed by atoms with Crippen LogP contribution in [0.25, 0.3) is 6.08 Å². The molecule has 9 nitrogen and oxygen atoms in total. The number of allylic oxidation sites excluding steroid dienone is 1. The van der Waals surface area contributed by atoms with E-state index in [1.807, 2.05) is 30.3 Å². The van der Waals surface area contributed by atoms with Gasteiger partial charge in [0, 0.05) is 30.8 Å². The van der Waals surface area contributed by atoms with E-state index in [1.165, 1.54) is 11.3 Å². The van der Waals surface area contributed by atoms with Gasteiger partial charge in [0.15, 0.2) is 10.7 Å². The van der Waals surface area contributed by atoms with Crippen molar-refractivity contribution >= 4 is 29.3 Å². The van der Waals surface area contributed by atoms with E-state index in [0.29, 0.717) is 50.9 Å². The van der Waals surface area contributed by atoms with Crippen LogP contribution in [-0.2, 0) is 14.3 Å². The largest absolute Gasteiger partial charge is 0.496 e. The predicted molar refractivity (Wildman–Crippen MR) is 135 cm³/mol. The molecule has 10 heteroatoms. The topological polar surface area (TPSA) is 95.5 Å². The first-order valence-electron chi connectivity index (χ1n) is 11.8. The maximum Gasteiger partial charge on any atom is 0.338 e. The zero-order valence-electron chi connectivity index (χ0n) is 20.4. The smallest absolute Gasteiger partial charge is 0.338 e. The maximum atomic E-state index is 13.7. The van der Waals surface area contributed by atoms with Gasteiger partial charge in [0.25, 0.3) is 5.56 Å². The quantitative estimate of drug-likeness (QED) is 0.471. The molecule has 36 heavy (non-hydrogen) atoms. The van der Waals surface area contributed by atoms with Crippen LogP contribution in [-0.4, -0.2) is 50.6 Å². The highest BCUT2D eigenvalue weighted by atomic mass is 32.1. The molecule has 0 saturated carbocycles. The maximum absolute atomic E-state index is 13.7. The van der Waals surface area contributed by atoms with E-state index in [0.717, 1.165) is 19.0 Å². The van der Waals surface area contributed by atoms with Gasteiger partial charge in [-0.15, -0.1) is 0 Å². The third-order valence-electron chi connectivity index (χ3n) is 6.16. The predicted octanol–water partition coefficient (Wildman–Crippen LogP) is 2.24. The number of esters is 1. The second kappa shape index (κ2) is 10.2. The molecule has 2 aliphatic heterocycles. The first kappa shape index (κ1) is 24.1. The molecular weight excluding hydrogens is 482 g/mol. The van der Waals surface area contributed by atoms with Gasteiger partial charge < -0.3 is 23.5 Å². The molecular formula is C26H27N3O6S. The van der Waals surface area contributed by atoms with Crippen molar-refractivity contribution in [3.05, 3.63) is 78.7 Å². The Bertz CT molecular complexity index is 1490. The number of fused-ring (bicyclic) bond motifs is 1. The van der Waals surface area contributed by atoms with Crippen LogP contribution in [0.5, 0.6) is 5.75 Å². The number of rotatable bonds is 6. The number of benzene rings is 1. The third-order valence-corrected chi connectivity index (χ3v) is 7.14. The number of furan rings is 1. The highest BCUT2D eigenvalue weighted by Gasteiger charge is 2.35. The molecule has 1 atom stereocenters. The van der Waals surface area contributed by atoms with Gasteiger partial charge in [0.1, 0.15) is 17.6 Å². The Labute approximate surface area is 211 Å². The molecule has 0 unspecified atom stereocenters. The summed E-state index contributed by atoms with van der Waals surface area (Å²) < 4.78 is 24.4. The molecule has 1 fully saturated rings. The van der Waals surface area contributed by atoms with Crippen molar-refractivity contribution in [2.75, 3.05) is 44.9 Å². The van der Waals surface area contributed by atoms with Crippen LogP contribution in [0.4, 0.5) is 5.88 Å². The highest BCUT2D eigenvalue weighted by Crippen LogP contribution is 2.35. The number of carbonyl (C=O) groups is 1. The molecule has 4 heterocycles. The van der Waals surface area contributed by atoms with Gasteiger partial charge >= 0.3 is 5.97 Å². The summed E-state index contributed by atoms with van der Waals surface area (Å²) >= 11 is 1.25. The summed E-state index contributed by atoms with van der Waals surface area (Å²) in [4.78, 5) is 34.0. The lowest BCUT2D eigenvalue weighted by Gasteiger charge is -2.26. The van der Waals surface area contributed by atoms with Crippen molar-refractivity contribution in [3.63, 3.8) is 0 Å². The number of morpholine rings is 1. The van der Waals surface area contributed by atoms with Crippen molar-refractivity contribution in [1.82, 2.24) is 4.57 Å². The number of methoxy groups -OCH3 is 1. The Balaban J connectivity index is 1.63. The zero-order chi connectivity index (χ0) is 25.2.